The average molecular weight is 1020 g/mol. The number of hydrogen-bond donors (Lipinski definition) is 5. The minimum atomic E-state index is -1.07. The zero-order valence-electron chi connectivity index (χ0n) is 38.1. The summed E-state index contributed by atoms with van der Waals surface area (Å²) in [5.74, 6) is 2.02. The molecule has 5 aromatic carbocycles. The van der Waals surface area contributed by atoms with Crippen molar-refractivity contribution < 1.29 is 14.6 Å². The smallest absolute Gasteiger partial charge is 0.229 e. The van der Waals surface area contributed by atoms with Crippen LogP contribution in [0.4, 0.5) is 46.3 Å². The summed E-state index contributed by atoms with van der Waals surface area (Å²) >= 11 is 0. The molecule has 2 heterocycles. The van der Waals surface area contributed by atoms with Crippen LogP contribution in [0.3, 0.4) is 0 Å². The highest BCUT2D eigenvalue weighted by molar-refractivity contribution is 14.0. The number of nitrogens with one attached hydrogen (secondary N) is 4. The lowest BCUT2D eigenvalue weighted by Gasteiger charge is -2.18. The van der Waals surface area contributed by atoms with Crippen molar-refractivity contribution in [1.82, 2.24) is 19.9 Å². The Kier molecular flexibility index (Phi) is 18.2. The van der Waals surface area contributed by atoms with Gasteiger partial charge in [0.25, 0.3) is 0 Å². The lowest BCUT2D eigenvalue weighted by atomic mass is 10.0. The number of aryl methyl sites for hydroxylation is 4. The van der Waals surface area contributed by atoms with Gasteiger partial charge in [0.15, 0.2) is 6.29 Å². The minimum Gasteiger partial charge on any atom is -0.496 e. The van der Waals surface area contributed by atoms with Crippen molar-refractivity contribution in [1.29, 1.82) is 21.0 Å². The van der Waals surface area contributed by atoms with Gasteiger partial charge in [-0.25, -0.2) is 9.97 Å². The molecule has 0 saturated heterocycles. The minimum absolute atomic E-state index is 0. The summed E-state index contributed by atoms with van der Waals surface area (Å²) in [6.45, 7) is 7.86. The van der Waals surface area contributed by atoms with E-state index in [4.69, 9.17) is 25.8 Å². The van der Waals surface area contributed by atoms with Gasteiger partial charge in [0.05, 0.1) is 48.2 Å². The summed E-state index contributed by atoms with van der Waals surface area (Å²) in [5.41, 5.74) is 11.1. The van der Waals surface area contributed by atoms with E-state index in [9.17, 15) is 9.90 Å². The Morgan fingerprint density at radius 2 is 1.04 bits per heavy atom. The zero-order chi connectivity index (χ0) is 48.6. The number of halogens is 1. The van der Waals surface area contributed by atoms with Crippen molar-refractivity contribution in [3.63, 3.8) is 0 Å². The van der Waals surface area contributed by atoms with Gasteiger partial charge >= 0.3 is 0 Å². The number of benzene rings is 5. The first-order chi connectivity index (χ1) is 32.9. The van der Waals surface area contributed by atoms with Crippen molar-refractivity contribution in [2.45, 2.75) is 33.8 Å². The van der Waals surface area contributed by atoms with E-state index in [1.54, 1.807) is 92.1 Å². The third-order valence-electron chi connectivity index (χ3n) is 10.2. The molecule has 0 aliphatic carbocycles. The molecule has 0 amide bonds. The maximum Gasteiger partial charge on any atom is 0.229 e. The molecule has 1 atom stereocenters. The lowest BCUT2D eigenvalue weighted by molar-refractivity contribution is 0.111. The Labute approximate surface area is 417 Å². The van der Waals surface area contributed by atoms with E-state index in [1.165, 1.54) is 12.2 Å². The molecule has 1 unspecified atom stereocenters. The first kappa shape index (κ1) is 51.1. The van der Waals surface area contributed by atoms with Crippen LogP contribution in [-0.4, -0.2) is 38.4 Å². The Morgan fingerprint density at radius 1 is 0.594 bits per heavy atom. The van der Waals surface area contributed by atoms with Crippen LogP contribution in [0.2, 0.25) is 0 Å². The number of para-hydroxylation sites is 1. The number of allylic oxidation sites excluding steroid dienone is 2. The fourth-order valence-electron chi connectivity index (χ4n) is 7.04. The molecule has 0 bridgehead atoms. The van der Waals surface area contributed by atoms with Crippen LogP contribution < -0.4 is 26.0 Å². The number of rotatable bonds is 14. The van der Waals surface area contributed by atoms with Crippen LogP contribution >= 0.6 is 24.0 Å². The maximum absolute atomic E-state index is 11.4. The van der Waals surface area contributed by atoms with Gasteiger partial charge < -0.3 is 31.1 Å². The third kappa shape index (κ3) is 13.8. The maximum atomic E-state index is 11.4. The Bertz CT molecular complexity index is 3150. The van der Waals surface area contributed by atoms with Gasteiger partial charge in [-0.2, -0.15) is 31.0 Å². The summed E-state index contributed by atoms with van der Waals surface area (Å²) in [6.07, 6.45) is 5.97. The summed E-state index contributed by atoms with van der Waals surface area (Å²) in [6, 6.07) is 40.3. The van der Waals surface area contributed by atoms with Crippen LogP contribution in [0.25, 0.3) is 12.2 Å². The van der Waals surface area contributed by atoms with Crippen molar-refractivity contribution >= 4 is 88.7 Å². The molecule has 0 radical (unpaired) electrons. The normalized spacial score (nSPS) is 10.8. The van der Waals surface area contributed by atoms with E-state index < -0.39 is 6.10 Å². The Balaban J connectivity index is 0.000000261. The standard InChI is InChI=1S/C30H26N6O2.C23H18N6O.HI/c1-19-15-22(7-6-14-31)16-20(2)28(19)35-27-17-25(29(37)24-8-4-5-9-26(24)38-3)34-30(36-27)33-23-12-10-21(18-32)11-13-23;1-15-10-18(4-3-9-24)11-16(2)22(15)28-21-12-20(14-30)27-23(29-21)26-19-7-5-17(13-25)6-8-19;/h4-13,15-17,29,37H,1-3H3,(H2,33,34,35,36);3-8,10-12,14H,1-2H3,(H2,26,27,28,29);1H/b7-6+;4-3+;. The molecule has 15 nitrogen and oxygen atoms in total. The number of hydrogen-bond acceptors (Lipinski definition) is 15. The number of aliphatic hydroxyl groups excluding tert-OH is 1. The number of ether oxygens (including phenoxy) is 1. The number of methoxy groups -OCH3 is 1. The molecule has 69 heavy (non-hydrogen) atoms. The van der Waals surface area contributed by atoms with Gasteiger partial charge in [0, 0.05) is 52.6 Å². The van der Waals surface area contributed by atoms with Crippen LogP contribution in [-0.2, 0) is 0 Å². The highest BCUT2D eigenvalue weighted by Crippen LogP contribution is 2.33. The lowest BCUT2D eigenvalue weighted by Crippen LogP contribution is -2.10. The monoisotopic (exact) mass is 1020 g/mol. The quantitative estimate of drug-likeness (QED) is 0.0386. The van der Waals surface area contributed by atoms with E-state index in [-0.39, 0.29) is 41.6 Å². The number of aromatic nitrogens is 4. The van der Waals surface area contributed by atoms with Crippen LogP contribution in [0.15, 0.2) is 121 Å². The molecule has 16 heteroatoms. The van der Waals surface area contributed by atoms with Crippen molar-refractivity contribution in [3.8, 4) is 30.0 Å². The number of anilines is 8. The van der Waals surface area contributed by atoms with E-state index in [1.807, 2.05) is 76.2 Å². The van der Waals surface area contributed by atoms with Gasteiger partial charge in [0.1, 0.15) is 29.2 Å². The summed E-state index contributed by atoms with van der Waals surface area (Å²) in [5, 5.41) is 59.7. The number of aliphatic hydroxyl groups is 1. The predicted molar refractivity (Wildman–Crippen MR) is 278 cm³/mol. The Morgan fingerprint density at radius 3 is 1.48 bits per heavy atom. The Hall–Kier alpha value is -8.94. The molecule has 0 saturated carbocycles. The van der Waals surface area contributed by atoms with E-state index in [0.717, 1.165) is 44.8 Å². The third-order valence-corrected chi connectivity index (χ3v) is 10.2. The molecule has 342 valence electrons. The van der Waals surface area contributed by atoms with Gasteiger partial charge in [-0.15, -0.1) is 24.0 Å². The molecule has 0 fully saturated rings. The second-order valence-corrected chi connectivity index (χ2v) is 15.1. The van der Waals surface area contributed by atoms with Crippen molar-refractivity contribution in [2.24, 2.45) is 0 Å². The molecule has 2 aromatic heterocycles. The largest absolute Gasteiger partial charge is 0.496 e. The van der Waals surface area contributed by atoms with E-state index in [2.05, 4.69) is 53.3 Å². The topological polar surface area (TPSA) is 241 Å². The SMILES string of the molecule is COc1ccccc1C(O)c1cc(Nc2c(C)cc(/C=C/C#N)cc2C)nc(Nc2ccc(C#N)cc2)n1.Cc1cc(/C=C/C#N)cc(C)c1Nc1cc(C=O)nc(Nc2ccc(C#N)cc2)n1.I. The fourth-order valence-corrected chi connectivity index (χ4v) is 7.04. The number of nitrogens with zero attached hydrogens (tertiary/aromatic N) is 8. The first-order valence-corrected chi connectivity index (χ1v) is 20.9. The van der Waals surface area contributed by atoms with E-state index >= 15 is 0 Å². The summed E-state index contributed by atoms with van der Waals surface area (Å²) in [7, 11) is 1.55. The number of carbonyl (C=O) groups is 1. The number of aldehydes is 1. The molecular formula is C53H45IN12O3. The molecule has 0 aliphatic heterocycles. The highest BCUT2D eigenvalue weighted by Gasteiger charge is 2.20. The van der Waals surface area contributed by atoms with E-state index in [0.29, 0.717) is 57.4 Å². The van der Waals surface area contributed by atoms with Crippen molar-refractivity contribution in [3.05, 3.63) is 183 Å². The average Bonchev–Trinajstić information content (AvgIpc) is 3.35. The molecule has 7 rings (SSSR count). The van der Waals surface area contributed by atoms with Gasteiger partial charge in [-0.05, 0) is 152 Å². The highest BCUT2D eigenvalue weighted by atomic mass is 127. The molecule has 5 N–H and O–H groups in total. The van der Waals surface area contributed by atoms with Gasteiger partial charge in [0.2, 0.25) is 11.9 Å². The van der Waals surface area contributed by atoms with Gasteiger partial charge in [-0.1, -0.05) is 18.2 Å². The number of nitriles is 4. The summed E-state index contributed by atoms with van der Waals surface area (Å²) in [4.78, 5) is 29.2. The van der Waals surface area contributed by atoms with Crippen molar-refractivity contribution in [2.75, 3.05) is 28.4 Å². The molecular weight excluding hydrogens is 980 g/mol. The van der Waals surface area contributed by atoms with Gasteiger partial charge in [-0.3, -0.25) is 4.79 Å². The first-order valence-electron chi connectivity index (χ1n) is 20.9. The zero-order valence-corrected chi connectivity index (χ0v) is 40.4. The molecule has 7 aromatic rings. The second kappa shape index (κ2) is 24.5. The molecule has 0 aliphatic rings. The van der Waals surface area contributed by atoms with Crippen LogP contribution in [0, 0.1) is 73.0 Å². The summed E-state index contributed by atoms with van der Waals surface area (Å²) < 4.78 is 5.45. The fraction of sp³-hybridized carbons (Fsp3) is 0.113. The van der Waals surface area contributed by atoms with Crippen LogP contribution in [0.5, 0.6) is 5.75 Å². The van der Waals surface area contributed by atoms with Crippen LogP contribution in [0.1, 0.15) is 72.4 Å². The predicted octanol–water partition coefficient (Wildman–Crippen LogP) is 11.5. The molecule has 0 spiro atoms. The second-order valence-electron chi connectivity index (χ2n) is 15.1. The number of carbonyl (C=O) groups excluding carboxylic acids is 1.